The molecule has 0 aromatic carbocycles. The van der Waals surface area contributed by atoms with Crippen LogP contribution in [0.3, 0.4) is 0 Å². The number of likely N-dealkylation sites (tertiary alicyclic amines) is 1. The standard InChI is InChI=1S/C18H27N5O3/c1-3-26-18(25)23-12-10-21(11-13-23)16-5-4-15(19-20-16)17(24)22-8-6-14(2)7-9-22/h4-5,14H,3,6-13H2,1-2H3. The first-order chi connectivity index (χ1) is 12.6. The summed E-state index contributed by atoms with van der Waals surface area (Å²) in [5.74, 6) is 1.38. The highest BCUT2D eigenvalue weighted by Crippen LogP contribution is 2.18. The smallest absolute Gasteiger partial charge is 0.409 e. The number of rotatable bonds is 3. The van der Waals surface area contributed by atoms with Crippen molar-refractivity contribution >= 4 is 17.8 Å². The van der Waals surface area contributed by atoms with Crippen LogP contribution >= 0.6 is 0 Å². The lowest BCUT2D eigenvalue weighted by Crippen LogP contribution is -2.49. The van der Waals surface area contributed by atoms with Gasteiger partial charge in [0.15, 0.2) is 11.5 Å². The summed E-state index contributed by atoms with van der Waals surface area (Å²) in [6, 6.07) is 3.59. The number of carbonyl (C=O) groups excluding carboxylic acids is 2. The van der Waals surface area contributed by atoms with Crippen molar-refractivity contribution in [3.05, 3.63) is 17.8 Å². The molecule has 0 radical (unpaired) electrons. The van der Waals surface area contributed by atoms with E-state index in [9.17, 15) is 9.59 Å². The Labute approximate surface area is 154 Å². The van der Waals surface area contributed by atoms with Crippen molar-refractivity contribution < 1.29 is 14.3 Å². The number of piperidine rings is 1. The summed E-state index contributed by atoms with van der Waals surface area (Å²) >= 11 is 0. The summed E-state index contributed by atoms with van der Waals surface area (Å²) in [6.07, 6.45) is 1.82. The minimum atomic E-state index is -0.268. The zero-order valence-corrected chi connectivity index (χ0v) is 15.6. The fourth-order valence-corrected chi connectivity index (χ4v) is 3.31. The quantitative estimate of drug-likeness (QED) is 0.814. The van der Waals surface area contributed by atoms with Gasteiger partial charge in [-0.3, -0.25) is 4.79 Å². The van der Waals surface area contributed by atoms with Crippen LogP contribution in [0.15, 0.2) is 12.1 Å². The van der Waals surface area contributed by atoms with E-state index in [0.717, 1.165) is 31.7 Å². The maximum Gasteiger partial charge on any atom is 0.409 e. The Morgan fingerprint density at radius 3 is 2.31 bits per heavy atom. The Morgan fingerprint density at radius 2 is 1.73 bits per heavy atom. The van der Waals surface area contributed by atoms with Crippen molar-refractivity contribution in [2.24, 2.45) is 5.92 Å². The number of amides is 2. The molecule has 2 saturated heterocycles. The first-order valence-corrected chi connectivity index (χ1v) is 9.38. The zero-order chi connectivity index (χ0) is 18.5. The van der Waals surface area contributed by atoms with E-state index in [0.29, 0.717) is 44.4 Å². The lowest BCUT2D eigenvalue weighted by Gasteiger charge is -2.34. The van der Waals surface area contributed by atoms with Crippen LogP contribution < -0.4 is 4.90 Å². The van der Waals surface area contributed by atoms with Gasteiger partial charge in [0.1, 0.15) is 0 Å². The normalized spacial score (nSPS) is 18.8. The molecular weight excluding hydrogens is 334 g/mol. The number of aromatic nitrogens is 2. The number of hydrogen-bond acceptors (Lipinski definition) is 6. The largest absolute Gasteiger partial charge is 0.450 e. The molecule has 142 valence electrons. The van der Waals surface area contributed by atoms with Crippen LogP contribution in [0.2, 0.25) is 0 Å². The van der Waals surface area contributed by atoms with E-state index in [1.54, 1.807) is 17.9 Å². The molecule has 2 fully saturated rings. The Morgan fingerprint density at radius 1 is 1.04 bits per heavy atom. The van der Waals surface area contributed by atoms with Crippen molar-refractivity contribution in [3.8, 4) is 0 Å². The van der Waals surface area contributed by atoms with Crippen LogP contribution in [0.1, 0.15) is 37.2 Å². The molecule has 0 N–H and O–H groups in total. The SMILES string of the molecule is CCOC(=O)N1CCN(c2ccc(C(=O)N3CCC(C)CC3)nn2)CC1. The minimum Gasteiger partial charge on any atom is -0.450 e. The molecule has 3 heterocycles. The van der Waals surface area contributed by atoms with Crippen LogP contribution in [0.4, 0.5) is 10.6 Å². The second kappa shape index (κ2) is 8.33. The zero-order valence-electron chi connectivity index (χ0n) is 15.6. The Kier molecular flexibility index (Phi) is 5.90. The van der Waals surface area contributed by atoms with Crippen molar-refractivity contribution in [2.45, 2.75) is 26.7 Å². The number of piperazine rings is 1. The molecule has 2 amide bonds. The topological polar surface area (TPSA) is 78.9 Å². The molecule has 2 aliphatic rings. The monoisotopic (exact) mass is 361 g/mol. The molecule has 0 bridgehead atoms. The van der Waals surface area contributed by atoms with Crippen LogP contribution in [0.5, 0.6) is 0 Å². The Bertz CT molecular complexity index is 620. The number of ether oxygens (including phenoxy) is 1. The third-order valence-electron chi connectivity index (χ3n) is 5.07. The molecule has 1 aromatic heterocycles. The van der Waals surface area contributed by atoms with Gasteiger partial charge in [0.2, 0.25) is 0 Å². The fourth-order valence-electron chi connectivity index (χ4n) is 3.31. The predicted octanol–water partition coefficient (Wildman–Crippen LogP) is 1.63. The van der Waals surface area contributed by atoms with Crippen LogP contribution in [-0.4, -0.2) is 77.9 Å². The first kappa shape index (κ1) is 18.4. The van der Waals surface area contributed by atoms with Gasteiger partial charge in [-0.1, -0.05) is 6.92 Å². The molecule has 8 heteroatoms. The molecule has 8 nitrogen and oxygen atoms in total. The van der Waals surface area contributed by atoms with Gasteiger partial charge < -0.3 is 19.4 Å². The maximum absolute atomic E-state index is 12.5. The number of anilines is 1. The molecule has 2 aliphatic heterocycles. The Hall–Kier alpha value is -2.38. The molecule has 26 heavy (non-hydrogen) atoms. The molecule has 0 atom stereocenters. The van der Waals surface area contributed by atoms with Gasteiger partial charge in [-0.2, -0.15) is 0 Å². The molecule has 0 aliphatic carbocycles. The molecule has 0 spiro atoms. The summed E-state index contributed by atoms with van der Waals surface area (Å²) < 4.78 is 5.03. The van der Waals surface area contributed by atoms with E-state index in [4.69, 9.17) is 4.74 Å². The minimum absolute atomic E-state index is 0.0388. The number of carbonyl (C=O) groups is 2. The van der Waals surface area contributed by atoms with Crippen molar-refractivity contribution in [3.63, 3.8) is 0 Å². The Balaban J connectivity index is 1.55. The molecule has 0 saturated carbocycles. The maximum atomic E-state index is 12.5. The van der Waals surface area contributed by atoms with Gasteiger partial charge in [-0.05, 0) is 37.8 Å². The predicted molar refractivity (Wildman–Crippen MR) is 97.1 cm³/mol. The van der Waals surface area contributed by atoms with Crippen LogP contribution in [0, 0.1) is 5.92 Å². The second-order valence-electron chi connectivity index (χ2n) is 6.92. The van der Waals surface area contributed by atoms with Gasteiger partial charge in [0.05, 0.1) is 6.61 Å². The highest BCUT2D eigenvalue weighted by molar-refractivity contribution is 5.92. The van der Waals surface area contributed by atoms with E-state index in [-0.39, 0.29) is 12.0 Å². The van der Waals surface area contributed by atoms with E-state index in [1.165, 1.54) is 0 Å². The van der Waals surface area contributed by atoms with Gasteiger partial charge >= 0.3 is 6.09 Å². The second-order valence-corrected chi connectivity index (χ2v) is 6.92. The fraction of sp³-hybridized carbons (Fsp3) is 0.667. The molecular formula is C18H27N5O3. The first-order valence-electron chi connectivity index (χ1n) is 9.38. The highest BCUT2D eigenvalue weighted by atomic mass is 16.6. The number of nitrogens with zero attached hydrogens (tertiary/aromatic N) is 5. The summed E-state index contributed by atoms with van der Waals surface area (Å²) in [5.41, 5.74) is 0.397. The summed E-state index contributed by atoms with van der Waals surface area (Å²) in [4.78, 5) is 29.9. The van der Waals surface area contributed by atoms with Crippen molar-refractivity contribution in [2.75, 3.05) is 50.8 Å². The van der Waals surface area contributed by atoms with Gasteiger partial charge in [0, 0.05) is 39.3 Å². The number of hydrogen-bond donors (Lipinski definition) is 0. The molecule has 3 rings (SSSR count). The van der Waals surface area contributed by atoms with E-state index in [1.807, 2.05) is 11.0 Å². The van der Waals surface area contributed by atoms with E-state index >= 15 is 0 Å². The third kappa shape index (κ3) is 4.23. The summed E-state index contributed by atoms with van der Waals surface area (Å²) in [7, 11) is 0. The lowest BCUT2D eigenvalue weighted by molar-refractivity contribution is 0.0690. The summed E-state index contributed by atoms with van der Waals surface area (Å²) in [5, 5.41) is 8.38. The van der Waals surface area contributed by atoms with Crippen LogP contribution in [0.25, 0.3) is 0 Å². The average molecular weight is 361 g/mol. The van der Waals surface area contributed by atoms with Gasteiger partial charge in [-0.15, -0.1) is 10.2 Å². The average Bonchev–Trinajstić information content (AvgIpc) is 2.68. The van der Waals surface area contributed by atoms with Gasteiger partial charge in [-0.25, -0.2) is 4.79 Å². The third-order valence-corrected chi connectivity index (χ3v) is 5.07. The van der Waals surface area contributed by atoms with E-state index < -0.39 is 0 Å². The molecule has 0 unspecified atom stereocenters. The molecule has 1 aromatic rings. The van der Waals surface area contributed by atoms with Gasteiger partial charge in [0.25, 0.3) is 5.91 Å². The highest BCUT2D eigenvalue weighted by Gasteiger charge is 2.25. The van der Waals surface area contributed by atoms with Crippen molar-refractivity contribution in [1.29, 1.82) is 0 Å². The van der Waals surface area contributed by atoms with E-state index in [2.05, 4.69) is 22.0 Å². The lowest BCUT2D eigenvalue weighted by atomic mass is 9.99. The van der Waals surface area contributed by atoms with Crippen LogP contribution in [-0.2, 0) is 4.74 Å². The summed E-state index contributed by atoms with van der Waals surface area (Å²) in [6.45, 7) is 8.51. The van der Waals surface area contributed by atoms with Crippen molar-refractivity contribution in [1.82, 2.24) is 20.0 Å².